The van der Waals surface area contributed by atoms with Crippen LogP contribution in [0.1, 0.15) is 20.3 Å². The summed E-state index contributed by atoms with van der Waals surface area (Å²) < 4.78 is 5.39. The van der Waals surface area contributed by atoms with Crippen LogP contribution in [0.2, 0.25) is 0 Å². The summed E-state index contributed by atoms with van der Waals surface area (Å²) in [6.45, 7) is 4.51. The molecule has 2 rings (SSSR count). The van der Waals surface area contributed by atoms with Crippen LogP contribution in [0.15, 0.2) is 0 Å². The zero-order valence-corrected chi connectivity index (χ0v) is 6.89. The van der Waals surface area contributed by atoms with Gasteiger partial charge in [-0.1, -0.05) is 6.92 Å². The van der Waals surface area contributed by atoms with E-state index in [2.05, 4.69) is 12.2 Å². The molecule has 1 aliphatic heterocycles. The van der Waals surface area contributed by atoms with Gasteiger partial charge in [-0.2, -0.15) is 0 Å². The molecular formula is C8H13NO2. The molecular weight excluding hydrogens is 142 g/mol. The Morgan fingerprint density at radius 3 is 3.09 bits per heavy atom. The third kappa shape index (κ3) is 0.781. The van der Waals surface area contributed by atoms with Crippen LogP contribution in [0, 0.1) is 5.92 Å². The molecule has 0 radical (unpaired) electrons. The van der Waals surface area contributed by atoms with Gasteiger partial charge in [0.2, 0.25) is 0 Å². The first-order valence-electron chi connectivity index (χ1n) is 4.05. The van der Waals surface area contributed by atoms with Crippen molar-refractivity contribution in [3.8, 4) is 0 Å². The highest BCUT2D eigenvalue weighted by Gasteiger charge is 2.54. The first-order valence-corrected chi connectivity index (χ1v) is 4.05. The number of Topliss-reactive ketones (excluding diaryl/α,β-unsaturated/α-hetero) is 1. The van der Waals surface area contributed by atoms with E-state index in [0.717, 1.165) is 0 Å². The van der Waals surface area contributed by atoms with Gasteiger partial charge in [0.1, 0.15) is 5.60 Å². The van der Waals surface area contributed by atoms with Gasteiger partial charge in [0.15, 0.2) is 5.78 Å². The van der Waals surface area contributed by atoms with Crippen molar-refractivity contribution in [1.29, 1.82) is 0 Å². The average molecular weight is 155 g/mol. The number of nitrogens with one attached hydrogen (secondary N) is 1. The highest BCUT2D eigenvalue weighted by molar-refractivity contribution is 5.91. The van der Waals surface area contributed by atoms with E-state index in [9.17, 15) is 4.79 Å². The van der Waals surface area contributed by atoms with Crippen molar-refractivity contribution in [2.75, 3.05) is 6.73 Å². The summed E-state index contributed by atoms with van der Waals surface area (Å²) in [6.07, 6.45) is 0.661. The summed E-state index contributed by atoms with van der Waals surface area (Å²) in [5.41, 5.74) is -0.514. The quantitative estimate of drug-likeness (QED) is 0.546. The molecule has 2 fully saturated rings. The van der Waals surface area contributed by atoms with Crippen molar-refractivity contribution in [3.05, 3.63) is 0 Å². The van der Waals surface area contributed by atoms with Gasteiger partial charge in [-0.25, -0.2) is 0 Å². The number of carbonyl (C=O) groups excluding carboxylic acids is 1. The lowest BCUT2D eigenvalue weighted by Gasteiger charge is -2.21. The lowest BCUT2D eigenvalue weighted by Crippen LogP contribution is -2.42. The zero-order chi connectivity index (χ0) is 8.06. The molecule has 0 spiro atoms. The second-order valence-corrected chi connectivity index (χ2v) is 3.68. The molecule has 1 saturated heterocycles. The number of hydrogen-bond donors (Lipinski definition) is 1. The molecule has 1 heterocycles. The maximum Gasteiger partial charge on any atom is 0.166 e. The second kappa shape index (κ2) is 2.05. The lowest BCUT2D eigenvalue weighted by molar-refractivity contribution is -0.133. The Bertz CT molecular complexity index is 204. The van der Waals surface area contributed by atoms with E-state index in [4.69, 9.17) is 4.74 Å². The normalized spacial score (nSPS) is 49.8. The fourth-order valence-corrected chi connectivity index (χ4v) is 2.18. The van der Waals surface area contributed by atoms with Crippen molar-refractivity contribution in [3.63, 3.8) is 0 Å². The standard InChI is InChI=1S/C8H13NO2/c1-5-3-6(10)8(2)7(5)9-4-11-8/h5,7,9H,3-4H2,1-2H3. The molecule has 0 aromatic carbocycles. The van der Waals surface area contributed by atoms with E-state index in [1.165, 1.54) is 0 Å². The highest BCUT2D eigenvalue weighted by Crippen LogP contribution is 2.37. The zero-order valence-electron chi connectivity index (χ0n) is 6.89. The van der Waals surface area contributed by atoms with E-state index in [0.29, 0.717) is 19.1 Å². The molecule has 3 nitrogen and oxygen atoms in total. The molecule has 0 bridgehead atoms. The van der Waals surface area contributed by atoms with Crippen molar-refractivity contribution in [1.82, 2.24) is 5.32 Å². The molecule has 3 unspecified atom stereocenters. The molecule has 1 N–H and O–H groups in total. The minimum Gasteiger partial charge on any atom is -0.351 e. The smallest absolute Gasteiger partial charge is 0.166 e. The molecule has 11 heavy (non-hydrogen) atoms. The predicted molar refractivity (Wildman–Crippen MR) is 40.1 cm³/mol. The van der Waals surface area contributed by atoms with E-state index in [-0.39, 0.29) is 11.8 Å². The first-order chi connectivity index (χ1) is 5.14. The first kappa shape index (κ1) is 7.25. The maximum absolute atomic E-state index is 11.4. The second-order valence-electron chi connectivity index (χ2n) is 3.68. The molecule has 3 atom stereocenters. The summed E-state index contributed by atoms with van der Waals surface area (Å²) in [5, 5.41) is 3.20. The molecule has 1 aliphatic carbocycles. The summed E-state index contributed by atoms with van der Waals surface area (Å²) in [6, 6.07) is 0.245. The third-order valence-corrected chi connectivity index (χ3v) is 2.90. The summed E-state index contributed by atoms with van der Waals surface area (Å²) in [4.78, 5) is 11.4. The Kier molecular flexibility index (Phi) is 1.35. The van der Waals surface area contributed by atoms with Gasteiger partial charge in [0.05, 0.1) is 6.73 Å². The van der Waals surface area contributed by atoms with Gasteiger partial charge in [-0.3, -0.25) is 10.1 Å². The number of carbonyl (C=O) groups is 1. The van der Waals surface area contributed by atoms with E-state index < -0.39 is 5.60 Å². The number of hydrogen-bond acceptors (Lipinski definition) is 3. The van der Waals surface area contributed by atoms with Gasteiger partial charge in [-0.05, 0) is 12.8 Å². The predicted octanol–water partition coefficient (Wildman–Crippen LogP) is 0.300. The van der Waals surface area contributed by atoms with E-state index in [1.807, 2.05) is 6.92 Å². The van der Waals surface area contributed by atoms with Crippen molar-refractivity contribution >= 4 is 5.78 Å². The SMILES string of the molecule is CC1CC(=O)C2(C)OCNC12. The van der Waals surface area contributed by atoms with Gasteiger partial charge in [0.25, 0.3) is 0 Å². The van der Waals surface area contributed by atoms with Crippen LogP contribution >= 0.6 is 0 Å². The Balaban J connectivity index is 2.32. The summed E-state index contributed by atoms with van der Waals surface area (Å²) >= 11 is 0. The van der Waals surface area contributed by atoms with Gasteiger partial charge < -0.3 is 4.74 Å². The molecule has 0 aromatic heterocycles. The molecule has 3 heteroatoms. The third-order valence-electron chi connectivity index (χ3n) is 2.90. The Morgan fingerprint density at radius 1 is 1.73 bits per heavy atom. The Morgan fingerprint density at radius 2 is 2.45 bits per heavy atom. The monoisotopic (exact) mass is 155 g/mol. The fraction of sp³-hybridized carbons (Fsp3) is 0.875. The number of ether oxygens (including phenoxy) is 1. The topological polar surface area (TPSA) is 38.3 Å². The molecule has 0 aromatic rings. The Labute approximate surface area is 66.1 Å². The Hall–Kier alpha value is -0.410. The largest absolute Gasteiger partial charge is 0.351 e. The molecule has 0 amide bonds. The van der Waals surface area contributed by atoms with Crippen LogP contribution < -0.4 is 5.32 Å². The molecule has 62 valence electrons. The van der Waals surface area contributed by atoms with Gasteiger partial charge >= 0.3 is 0 Å². The van der Waals surface area contributed by atoms with Crippen LogP contribution in [0.5, 0.6) is 0 Å². The number of ketones is 1. The van der Waals surface area contributed by atoms with Gasteiger partial charge in [0, 0.05) is 12.5 Å². The van der Waals surface area contributed by atoms with Crippen LogP contribution in [-0.4, -0.2) is 24.2 Å². The summed E-state index contributed by atoms with van der Waals surface area (Å²) in [7, 11) is 0. The minimum atomic E-state index is -0.514. The molecule has 2 aliphatic rings. The minimum absolute atomic E-state index is 0.245. The number of rotatable bonds is 0. The van der Waals surface area contributed by atoms with Gasteiger partial charge in [-0.15, -0.1) is 0 Å². The van der Waals surface area contributed by atoms with Crippen molar-refractivity contribution in [2.45, 2.75) is 31.9 Å². The number of fused-ring (bicyclic) bond motifs is 1. The maximum atomic E-state index is 11.4. The summed E-state index contributed by atoms with van der Waals surface area (Å²) in [5.74, 6) is 0.676. The highest BCUT2D eigenvalue weighted by atomic mass is 16.5. The van der Waals surface area contributed by atoms with Crippen LogP contribution in [0.3, 0.4) is 0 Å². The average Bonchev–Trinajstić information content (AvgIpc) is 2.39. The van der Waals surface area contributed by atoms with Crippen molar-refractivity contribution in [2.24, 2.45) is 5.92 Å². The van der Waals surface area contributed by atoms with E-state index in [1.54, 1.807) is 0 Å². The molecule has 1 saturated carbocycles. The van der Waals surface area contributed by atoms with Crippen molar-refractivity contribution < 1.29 is 9.53 Å². The van der Waals surface area contributed by atoms with E-state index >= 15 is 0 Å². The fourth-order valence-electron chi connectivity index (χ4n) is 2.18. The van der Waals surface area contributed by atoms with Crippen LogP contribution in [0.25, 0.3) is 0 Å². The van der Waals surface area contributed by atoms with Crippen LogP contribution in [-0.2, 0) is 9.53 Å². The van der Waals surface area contributed by atoms with Crippen LogP contribution in [0.4, 0.5) is 0 Å². The lowest BCUT2D eigenvalue weighted by atomic mass is 9.97.